The number of amides is 2. The predicted molar refractivity (Wildman–Crippen MR) is 107 cm³/mol. The highest BCUT2D eigenvalue weighted by molar-refractivity contribution is 8.03. The van der Waals surface area contributed by atoms with E-state index < -0.39 is 0 Å². The fourth-order valence-corrected chi connectivity index (χ4v) is 3.52. The van der Waals surface area contributed by atoms with Crippen molar-refractivity contribution in [1.29, 1.82) is 0 Å². The number of ether oxygens (including phenoxy) is 2. The molecule has 0 saturated heterocycles. The summed E-state index contributed by atoms with van der Waals surface area (Å²) in [6, 6.07) is 14.7. The number of rotatable bonds is 6. The number of carbonyl (C=O) groups excluding carboxylic acids is 2. The van der Waals surface area contributed by atoms with Gasteiger partial charge in [-0.05, 0) is 23.1 Å². The minimum absolute atomic E-state index is 0.0829. The summed E-state index contributed by atoms with van der Waals surface area (Å²) in [4.78, 5) is 26.6. The number of nitrogens with zero attached hydrogens (tertiary/aromatic N) is 1. The van der Waals surface area contributed by atoms with Crippen molar-refractivity contribution in [2.45, 2.75) is 0 Å². The molecule has 6 nitrogen and oxygen atoms in total. The molecule has 0 aromatic heterocycles. The molecule has 2 aromatic rings. The second kappa shape index (κ2) is 8.64. The Hall–Kier alpha value is -2.93. The Labute approximate surface area is 162 Å². The Morgan fingerprint density at radius 1 is 1.15 bits per heavy atom. The molecule has 7 heteroatoms. The SMILES string of the molecule is COc1ccc(OC)c(NC(=O)CN2C(=O)CSC=C2c2ccccc2)c1. The first kappa shape index (κ1) is 18.8. The average molecular weight is 384 g/mol. The van der Waals surface area contributed by atoms with E-state index in [0.717, 1.165) is 11.3 Å². The third kappa shape index (κ3) is 4.43. The molecule has 2 amide bonds. The third-order valence-electron chi connectivity index (χ3n) is 4.05. The van der Waals surface area contributed by atoms with Gasteiger partial charge in [-0.3, -0.25) is 9.59 Å². The van der Waals surface area contributed by atoms with Gasteiger partial charge in [0.15, 0.2) is 0 Å². The number of hydrogen-bond acceptors (Lipinski definition) is 5. The lowest BCUT2D eigenvalue weighted by molar-refractivity contribution is -0.129. The molecule has 1 N–H and O–H groups in total. The van der Waals surface area contributed by atoms with Gasteiger partial charge >= 0.3 is 0 Å². The van der Waals surface area contributed by atoms with Gasteiger partial charge in [0.25, 0.3) is 0 Å². The number of carbonyl (C=O) groups is 2. The van der Waals surface area contributed by atoms with Gasteiger partial charge in [0.05, 0.1) is 31.4 Å². The largest absolute Gasteiger partial charge is 0.497 e. The molecule has 0 saturated carbocycles. The summed E-state index contributed by atoms with van der Waals surface area (Å²) in [5.41, 5.74) is 2.11. The molecule has 3 rings (SSSR count). The van der Waals surface area contributed by atoms with E-state index in [4.69, 9.17) is 9.47 Å². The van der Waals surface area contributed by atoms with Crippen LogP contribution in [-0.4, -0.2) is 43.2 Å². The number of benzene rings is 2. The van der Waals surface area contributed by atoms with E-state index in [0.29, 0.717) is 22.9 Å². The van der Waals surface area contributed by atoms with Crippen LogP contribution >= 0.6 is 11.8 Å². The molecule has 2 aromatic carbocycles. The minimum atomic E-state index is -0.316. The summed E-state index contributed by atoms with van der Waals surface area (Å²) in [6.07, 6.45) is 0. The Balaban J connectivity index is 1.79. The highest BCUT2D eigenvalue weighted by Gasteiger charge is 2.25. The van der Waals surface area contributed by atoms with Crippen LogP contribution < -0.4 is 14.8 Å². The van der Waals surface area contributed by atoms with Crippen molar-refractivity contribution in [1.82, 2.24) is 4.90 Å². The van der Waals surface area contributed by atoms with Crippen LogP contribution in [0.5, 0.6) is 11.5 Å². The number of nitrogens with one attached hydrogen (secondary N) is 1. The Bertz CT molecular complexity index is 868. The van der Waals surface area contributed by atoms with Crippen molar-refractivity contribution >= 4 is 35.0 Å². The Kier molecular flexibility index (Phi) is 6.03. The van der Waals surface area contributed by atoms with Gasteiger partial charge in [0.1, 0.15) is 18.0 Å². The fraction of sp³-hybridized carbons (Fsp3) is 0.200. The van der Waals surface area contributed by atoms with Gasteiger partial charge in [0, 0.05) is 6.07 Å². The van der Waals surface area contributed by atoms with Crippen LogP contribution in [0.4, 0.5) is 5.69 Å². The zero-order valence-electron chi connectivity index (χ0n) is 15.1. The van der Waals surface area contributed by atoms with Crippen molar-refractivity contribution in [3.05, 3.63) is 59.5 Å². The quantitative estimate of drug-likeness (QED) is 0.828. The summed E-state index contributed by atoms with van der Waals surface area (Å²) in [5.74, 6) is 1.01. The van der Waals surface area contributed by atoms with E-state index in [9.17, 15) is 9.59 Å². The fourth-order valence-electron chi connectivity index (χ4n) is 2.72. The molecule has 1 aliphatic heterocycles. The molecule has 140 valence electrons. The summed E-state index contributed by atoms with van der Waals surface area (Å²) in [5, 5.41) is 4.72. The van der Waals surface area contributed by atoms with Crippen molar-refractivity contribution in [2.75, 3.05) is 31.8 Å². The topological polar surface area (TPSA) is 67.9 Å². The van der Waals surface area contributed by atoms with Gasteiger partial charge in [-0.25, -0.2) is 0 Å². The summed E-state index contributed by atoms with van der Waals surface area (Å²) in [7, 11) is 3.08. The lowest BCUT2D eigenvalue weighted by Gasteiger charge is -2.28. The summed E-state index contributed by atoms with van der Waals surface area (Å²) in [6.45, 7) is -0.0829. The number of anilines is 1. The predicted octanol–water partition coefficient (Wildman–Crippen LogP) is 3.22. The van der Waals surface area contributed by atoms with Crippen LogP contribution in [0.1, 0.15) is 5.56 Å². The van der Waals surface area contributed by atoms with Crippen molar-refractivity contribution in [2.24, 2.45) is 0 Å². The molecule has 0 aliphatic carbocycles. The molecule has 27 heavy (non-hydrogen) atoms. The zero-order valence-corrected chi connectivity index (χ0v) is 15.9. The van der Waals surface area contributed by atoms with E-state index in [-0.39, 0.29) is 18.4 Å². The molecular formula is C20H20N2O4S. The molecule has 0 atom stereocenters. The van der Waals surface area contributed by atoms with E-state index in [1.165, 1.54) is 23.8 Å². The molecular weight excluding hydrogens is 364 g/mol. The van der Waals surface area contributed by atoms with Crippen LogP contribution in [0.15, 0.2) is 53.9 Å². The molecule has 0 spiro atoms. The lowest BCUT2D eigenvalue weighted by Crippen LogP contribution is -2.39. The number of hydrogen-bond donors (Lipinski definition) is 1. The summed E-state index contributed by atoms with van der Waals surface area (Å²) < 4.78 is 10.5. The van der Waals surface area contributed by atoms with Crippen LogP contribution in [-0.2, 0) is 9.59 Å². The molecule has 0 bridgehead atoms. The Morgan fingerprint density at radius 3 is 2.63 bits per heavy atom. The molecule has 0 unspecified atom stereocenters. The van der Waals surface area contributed by atoms with E-state index >= 15 is 0 Å². The first-order valence-electron chi connectivity index (χ1n) is 8.32. The van der Waals surface area contributed by atoms with E-state index in [2.05, 4.69) is 5.32 Å². The zero-order chi connectivity index (χ0) is 19.2. The van der Waals surface area contributed by atoms with Crippen LogP contribution in [0.25, 0.3) is 5.70 Å². The van der Waals surface area contributed by atoms with Gasteiger partial charge in [-0.1, -0.05) is 30.3 Å². The molecule has 1 aliphatic rings. The monoisotopic (exact) mass is 384 g/mol. The van der Waals surface area contributed by atoms with Crippen molar-refractivity contribution in [3.63, 3.8) is 0 Å². The lowest BCUT2D eigenvalue weighted by atomic mass is 10.1. The normalized spacial score (nSPS) is 13.8. The van der Waals surface area contributed by atoms with Gasteiger partial charge in [0.2, 0.25) is 11.8 Å². The van der Waals surface area contributed by atoms with Gasteiger partial charge in [-0.2, -0.15) is 0 Å². The maximum atomic E-state index is 12.6. The first-order chi connectivity index (χ1) is 13.1. The molecule has 0 fully saturated rings. The number of thioether (sulfide) groups is 1. The second-order valence-corrected chi connectivity index (χ2v) is 6.63. The van der Waals surface area contributed by atoms with Crippen LogP contribution in [0, 0.1) is 0 Å². The molecule has 1 heterocycles. The van der Waals surface area contributed by atoms with Gasteiger partial charge in [-0.15, -0.1) is 11.8 Å². The van der Waals surface area contributed by atoms with Crippen molar-refractivity contribution in [3.8, 4) is 11.5 Å². The smallest absolute Gasteiger partial charge is 0.244 e. The highest BCUT2D eigenvalue weighted by atomic mass is 32.2. The standard InChI is InChI=1S/C20H20N2O4S/c1-25-15-8-9-18(26-2)16(10-15)21-19(23)11-22-17(12-27-13-20(22)24)14-6-4-3-5-7-14/h3-10,12H,11,13H2,1-2H3,(H,21,23). The minimum Gasteiger partial charge on any atom is -0.497 e. The van der Waals surface area contributed by atoms with Gasteiger partial charge < -0.3 is 19.7 Å². The summed E-state index contributed by atoms with van der Waals surface area (Å²) >= 11 is 1.43. The maximum absolute atomic E-state index is 12.6. The van der Waals surface area contributed by atoms with Crippen LogP contribution in [0.3, 0.4) is 0 Å². The van der Waals surface area contributed by atoms with Crippen LogP contribution in [0.2, 0.25) is 0 Å². The van der Waals surface area contributed by atoms with E-state index in [1.807, 2.05) is 35.7 Å². The highest BCUT2D eigenvalue weighted by Crippen LogP contribution is 2.30. The average Bonchev–Trinajstić information content (AvgIpc) is 2.70. The maximum Gasteiger partial charge on any atom is 0.244 e. The van der Waals surface area contributed by atoms with E-state index in [1.54, 1.807) is 25.3 Å². The van der Waals surface area contributed by atoms with Crippen molar-refractivity contribution < 1.29 is 19.1 Å². The first-order valence-corrected chi connectivity index (χ1v) is 9.36. The second-order valence-electron chi connectivity index (χ2n) is 5.77. The third-order valence-corrected chi connectivity index (χ3v) is 4.85. The Morgan fingerprint density at radius 2 is 1.93 bits per heavy atom. The molecule has 0 radical (unpaired) electrons. The number of methoxy groups -OCH3 is 2.